The van der Waals surface area contributed by atoms with Gasteiger partial charge >= 0.3 is 0 Å². The average molecular weight is 501 g/mol. The molecule has 2 aromatic carbocycles. The van der Waals surface area contributed by atoms with Gasteiger partial charge in [0.05, 0.1) is 22.9 Å². The normalized spacial score (nSPS) is 13.3. The molecular formula is C32H40N2O3. The molecule has 1 saturated heterocycles. The Balaban J connectivity index is 1.71. The summed E-state index contributed by atoms with van der Waals surface area (Å²) in [6, 6.07) is 14.4. The minimum Gasteiger partial charge on any atom is -0.490 e. The van der Waals surface area contributed by atoms with E-state index >= 15 is 0 Å². The average Bonchev–Trinajstić information content (AvgIpc) is 3.42. The third-order valence-electron chi connectivity index (χ3n) is 7.04. The molecule has 1 aromatic heterocycles. The smallest absolute Gasteiger partial charge is 0.257 e. The van der Waals surface area contributed by atoms with Gasteiger partial charge in [-0.05, 0) is 82.2 Å². The first-order valence-corrected chi connectivity index (χ1v) is 13.6. The summed E-state index contributed by atoms with van der Waals surface area (Å²) >= 11 is 0. The first-order chi connectivity index (χ1) is 17.8. The molecule has 196 valence electrons. The highest BCUT2D eigenvalue weighted by Gasteiger charge is 2.24. The van der Waals surface area contributed by atoms with Crippen molar-refractivity contribution in [3.05, 3.63) is 76.0 Å². The number of aromatic nitrogens is 1. The van der Waals surface area contributed by atoms with E-state index in [1.807, 2.05) is 50.8 Å². The van der Waals surface area contributed by atoms with Gasteiger partial charge in [-0.3, -0.25) is 9.78 Å². The first kappa shape index (κ1) is 26.7. The van der Waals surface area contributed by atoms with E-state index in [1.165, 1.54) is 16.7 Å². The molecule has 0 N–H and O–H groups in total. The number of pyridine rings is 1. The molecule has 0 bridgehead atoms. The number of benzene rings is 2. The van der Waals surface area contributed by atoms with E-state index in [0.29, 0.717) is 11.3 Å². The van der Waals surface area contributed by atoms with Crippen molar-refractivity contribution >= 4 is 5.91 Å². The van der Waals surface area contributed by atoms with Gasteiger partial charge in [-0.15, -0.1) is 0 Å². The molecular weight excluding hydrogens is 460 g/mol. The van der Waals surface area contributed by atoms with Crippen molar-refractivity contribution in [3.63, 3.8) is 0 Å². The zero-order valence-corrected chi connectivity index (χ0v) is 23.2. The molecule has 0 saturated carbocycles. The Hall–Kier alpha value is -3.34. The first-order valence-electron chi connectivity index (χ1n) is 13.6. The van der Waals surface area contributed by atoms with Crippen LogP contribution in [0.5, 0.6) is 11.5 Å². The van der Waals surface area contributed by atoms with Crippen molar-refractivity contribution < 1.29 is 14.3 Å². The molecule has 1 aliphatic heterocycles. The zero-order valence-electron chi connectivity index (χ0n) is 23.2. The molecule has 1 aliphatic rings. The number of aryl methyl sites for hydroxylation is 4. The quantitative estimate of drug-likeness (QED) is 0.315. The Morgan fingerprint density at radius 1 is 0.973 bits per heavy atom. The highest BCUT2D eigenvalue weighted by molar-refractivity contribution is 5.97. The predicted molar refractivity (Wildman–Crippen MR) is 150 cm³/mol. The number of nitrogens with zero attached hydrogens (tertiary/aromatic N) is 2. The number of carbonyl (C=O) groups excluding carboxylic acids is 1. The van der Waals surface area contributed by atoms with E-state index in [4.69, 9.17) is 14.5 Å². The summed E-state index contributed by atoms with van der Waals surface area (Å²) in [4.78, 5) is 20.2. The fraction of sp³-hybridized carbons (Fsp3) is 0.438. The van der Waals surface area contributed by atoms with Crippen molar-refractivity contribution in [3.8, 4) is 22.8 Å². The van der Waals surface area contributed by atoms with Crippen LogP contribution in [0.1, 0.15) is 78.8 Å². The Bertz CT molecular complexity index is 1240. The van der Waals surface area contributed by atoms with Gasteiger partial charge in [-0.1, -0.05) is 38.1 Å². The van der Waals surface area contributed by atoms with Crippen LogP contribution in [0, 0.1) is 13.8 Å². The van der Waals surface area contributed by atoms with Crippen molar-refractivity contribution in [2.24, 2.45) is 0 Å². The number of carbonyl (C=O) groups is 1. The fourth-order valence-electron chi connectivity index (χ4n) is 5.07. The summed E-state index contributed by atoms with van der Waals surface area (Å²) in [6.45, 7) is 14.4. The maximum atomic E-state index is 13.2. The van der Waals surface area contributed by atoms with E-state index in [9.17, 15) is 4.79 Å². The standard InChI is InChI=1S/C32H40N2O3/c1-7-24-12-11-13-25(8-2)31(24)28-19-30(37-21(3)4)27(23(6)33-28)20-36-29-18-22(5)14-15-26(29)32(35)34-16-9-10-17-34/h11-15,18-19,21H,7-10,16-17,20H2,1-6H3. The van der Waals surface area contributed by atoms with Crippen LogP contribution in [0.3, 0.4) is 0 Å². The maximum Gasteiger partial charge on any atom is 0.257 e. The molecule has 0 atom stereocenters. The van der Waals surface area contributed by atoms with Crippen molar-refractivity contribution in [1.82, 2.24) is 9.88 Å². The van der Waals surface area contributed by atoms with E-state index in [1.54, 1.807) is 0 Å². The van der Waals surface area contributed by atoms with Crippen LogP contribution >= 0.6 is 0 Å². The molecule has 1 fully saturated rings. The monoisotopic (exact) mass is 500 g/mol. The molecule has 0 aliphatic carbocycles. The summed E-state index contributed by atoms with van der Waals surface area (Å²) in [5.41, 5.74) is 8.17. The Morgan fingerprint density at radius 2 is 1.65 bits per heavy atom. The van der Waals surface area contributed by atoms with E-state index < -0.39 is 0 Å². The topological polar surface area (TPSA) is 51.7 Å². The van der Waals surface area contributed by atoms with E-state index in [-0.39, 0.29) is 18.6 Å². The van der Waals surface area contributed by atoms with E-state index in [2.05, 4.69) is 38.1 Å². The lowest BCUT2D eigenvalue weighted by atomic mass is 9.94. The van der Waals surface area contributed by atoms with Crippen LogP contribution < -0.4 is 9.47 Å². The number of hydrogen-bond acceptors (Lipinski definition) is 4. The summed E-state index contributed by atoms with van der Waals surface area (Å²) in [6.07, 6.45) is 4.00. The summed E-state index contributed by atoms with van der Waals surface area (Å²) < 4.78 is 12.7. The lowest BCUT2D eigenvalue weighted by Crippen LogP contribution is -2.28. The second-order valence-corrected chi connectivity index (χ2v) is 10.2. The van der Waals surface area contributed by atoms with Crippen LogP contribution in [0.15, 0.2) is 42.5 Å². The van der Waals surface area contributed by atoms with Gasteiger partial charge in [0.1, 0.15) is 18.1 Å². The van der Waals surface area contributed by atoms with Crippen molar-refractivity contribution in [2.45, 2.75) is 79.9 Å². The molecule has 4 rings (SSSR count). The van der Waals surface area contributed by atoms with Crippen LogP contribution in [0.2, 0.25) is 0 Å². The molecule has 0 unspecified atom stereocenters. The molecule has 5 heteroatoms. The molecule has 3 aromatic rings. The number of rotatable bonds is 9. The predicted octanol–water partition coefficient (Wildman–Crippen LogP) is 7.09. The largest absolute Gasteiger partial charge is 0.490 e. The number of ether oxygens (including phenoxy) is 2. The van der Waals surface area contributed by atoms with Crippen LogP contribution in [-0.2, 0) is 19.4 Å². The molecule has 2 heterocycles. The second-order valence-electron chi connectivity index (χ2n) is 10.2. The van der Waals surface area contributed by atoms with Gasteiger partial charge < -0.3 is 14.4 Å². The minimum atomic E-state index is 0.00624. The number of amides is 1. The van der Waals surface area contributed by atoms with Crippen LogP contribution in [0.25, 0.3) is 11.3 Å². The Labute approximate surface area is 221 Å². The summed E-state index contributed by atoms with van der Waals surface area (Å²) in [5, 5.41) is 0. The zero-order chi connectivity index (χ0) is 26.5. The molecule has 37 heavy (non-hydrogen) atoms. The molecule has 0 radical (unpaired) electrons. The second kappa shape index (κ2) is 11.8. The Morgan fingerprint density at radius 3 is 2.27 bits per heavy atom. The minimum absolute atomic E-state index is 0.00624. The van der Waals surface area contributed by atoms with Gasteiger partial charge in [-0.25, -0.2) is 0 Å². The third-order valence-corrected chi connectivity index (χ3v) is 7.04. The highest BCUT2D eigenvalue weighted by Crippen LogP contribution is 2.34. The van der Waals surface area contributed by atoms with E-state index in [0.717, 1.165) is 67.0 Å². The number of hydrogen-bond donors (Lipinski definition) is 0. The van der Waals surface area contributed by atoms with Gasteiger partial charge in [-0.2, -0.15) is 0 Å². The summed E-state index contributed by atoms with van der Waals surface area (Å²) in [7, 11) is 0. The van der Waals surface area contributed by atoms with Gasteiger partial charge in [0.15, 0.2) is 0 Å². The van der Waals surface area contributed by atoms with Gasteiger partial charge in [0, 0.05) is 30.4 Å². The SMILES string of the molecule is CCc1cccc(CC)c1-c1cc(OC(C)C)c(COc2cc(C)ccc2C(=O)N2CCCC2)c(C)n1. The lowest BCUT2D eigenvalue weighted by molar-refractivity contribution is 0.0788. The molecule has 1 amide bonds. The van der Waals surface area contributed by atoms with Crippen LogP contribution in [-0.4, -0.2) is 35.0 Å². The van der Waals surface area contributed by atoms with Gasteiger partial charge in [0.25, 0.3) is 5.91 Å². The van der Waals surface area contributed by atoms with Crippen molar-refractivity contribution in [2.75, 3.05) is 13.1 Å². The maximum absolute atomic E-state index is 13.2. The number of likely N-dealkylation sites (tertiary alicyclic amines) is 1. The van der Waals surface area contributed by atoms with Crippen LogP contribution in [0.4, 0.5) is 0 Å². The van der Waals surface area contributed by atoms with Gasteiger partial charge in [0.2, 0.25) is 0 Å². The molecule has 0 spiro atoms. The van der Waals surface area contributed by atoms with Crippen molar-refractivity contribution in [1.29, 1.82) is 0 Å². The lowest BCUT2D eigenvalue weighted by Gasteiger charge is -2.21. The molecule has 5 nitrogen and oxygen atoms in total. The summed E-state index contributed by atoms with van der Waals surface area (Å²) in [5.74, 6) is 1.44. The fourth-order valence-corrected chi connectivity index (χ4v) is 5.07. The highest BCUT2D eigenvalue weighted by atomic mass is 16.5. The Kier molecular flexibility index (Phi) is 8.52. The third kappa shape index (κ3) is 5.98.